The Hall–Kier alpha value is -0.610. The minimum absolute atomic E-state index is 0.164. The van der Waals surface area contributed by atoms with Gasteiger partial charge in [-0.1, -0.05) is 0 Å². The molecule has 3 N–H and O–H groups in total. The highest BCUT2D eigenvalue weighted by molar-refractivity contribution is 5.78. The molecular weight excluding hydrogens is 166 g/mol. The van der Waals surface area contributed by atoms with Crippen LogP contribution in [0.1, 0.15) is 19.3 Å². The zero-order valence-electron chi connectivity index (χ0n) is 7.83. The minimum atomic E-state index is 0.164. The predicted octanol–water partition coefficient (Wildman–Crippen LogP) is -0.702. The molecule has 1 heterocycles. The van der Waals surface area contributed by atoms with Crippen molar-refractivity contribution in [1.29, 1.82) is 0 Å². The Labute approximate surface area is 78.5 Å². The van der Waals surface area contributed by atoms with Gasteiger partial charge in [0.1, 0.15) is 0 Å². The second-order valence-electron chi connectivity index (χ2n) is 4.13. The van der Waals surface area contributed by atoms with E-state index in [-0.39, 0.29) is 11.9 Å². The molecule has 1 saturated heterocycles. The zero-order chi connectivity index (χ0) is 9.26. The molecule has 0 aromatic heterocycles. The molecule has 2 fully saturated rings. The van der Waals surface area contributed by atoms with Gasteiger partial charge in [-0.2, -0.15) is 0 Å². The molecule has 2 rings (SSSR count). The molecule has 0 unspecified atom stereocenters. The lowest BCUT2D eigenvalue weighted by Crippen LogP contribution is -2.38. The largest absolute Gasteiger partial charge is 0.352 e. The van der Waals surface area contributed by atoms with E-state index in [2.05, 4.69) is 10.2 Å². The number of rotatable bonds is 3. The molecule has 2 aliphatic rings. The van der Waals surface area contributed by atoms with Crippen molar-refractivity contribution in [1.82, 2.24) is 10.2 Å². The standard InChI is InChI=1S/C9H17N3O/c10-7-3-4-12(5-7)6-9(13)11-8-1-2-8/h7-8H,1-6,10H2,(H,11,13)/t7-/m0/s1. The summed E-state index contributed by atoms with van der Waals surface area (Å²) in [6.45, 7) is 2.38. The van der Waals surface area contributed by atoms with E-state index in [9.17, 15) is 4.79 Å². The average Bonchev–Trinajstić information content (AvgIpc) is 2.76. The molecule has 4 heteroatoms. The topological polar surface area (TPSA) is 58.4 Å². The van der Waals surface area contributed by atoms with Gasteiger partial charge in [0.2, 0.25) is 5.91 Å². The van der Waals surface area contributed by atoms with E-state index in [1.54, 1.807) is 0 Å². The van der Waals surface area contributed by atoms with Gasteiger partial charge < -0.3 is 11.1 Å². The number of likely N-dealkylation sites (tertiary alicyclic amines) is 1. The number of hydrogen-bond donors (Lipinski definition) is 2. The van der Waals surface area contributed by atoms with Crippen molar-refractivity contribution < 1.29 is 4.79 Å². The first-order valence-corrected chi connectivity index (χ1v) is 5.01. The average molecular weight is 183 g/mol. The predicted molar refractivity (Wildman–Crippen MR) is 50.2 cm³/mol. The Morgan fingerprint density at radius 2 is 2.23 bits per heavy atom. The van der Waals surface area contributed by atoms with Gasteiger partial charge in [-0.15, -0.1) is 0 Å². The fraction of sp³-hybridized carbons (Fsp3) is 0.889. The van der Waals surface area contributed by atoms with Crippen LogP contribution in [0.25, 0.3) is 0 Å². The van der Waals surface area contributed by atoms with Gasteiger partial charge in [-0.25, -0.2) is 0 Å². The number of amides is 1. The SMILES string of the molecule is N[C@H]1CCN(CC(=O)NC2CC2)C1. The summed E-state index contributed by atoms with van der Waals surface area (Å²) in [4.78, 5) is 13.5. The molecule has 0 aromatic carbocycles. The first-order chi connectivity index (χ1) is 6.24. The van der Waals surface area contributed by atoms with Crippen LogP contribution in [0.4, 0.5) is 0 Å². The van der Waals surface area contributed by atoms with Gasteiger partial charge >= 0.3 is 0 Å². The molecule has 0 aromatic rings. The first-order valence-electron chi connectivity index (χ1n) is 5.01. The van der Waals surface area contributed by atoms with E-state index in [1.165, 1.54) is 0 Å². The van der Waals surface area contributed by atoms with Crippen LogP contribution in [-0.2, 0) is 4.79 Å². The molecule has 74 valence electrons. The van der Waals surface area contributed by atoms with Crippen molar-refractivity contribution in [2.45, 2.75) is 31.3 Å². The summed E-state index contributed by atoms with van der Waals surface area (Å²) < 4.78 is 0. The Morgan fingerprint density at radius 1 is 1.46 bits per heavy atom. The second-order valence-corrected chi connectivity index (χ2v) is 4.13. The maximum Gasteiger partial charge on any atom is 0.234 e. The van der Waals surface area contributed by atoms with E-state index >= 15 is 0 Å². The molecule has 1 saturated carbocycles. The van der Waals surface area contributed by atoms with Gasteiger partial charge in [0.15, 0.2) is 0 Å². The first kappa shape index (κ1) is 8.97. The highest BCUT2D eigenvalue weighted by atomic mass is 16.2. The summed E-state index contributed by atoms with van der Waals surface area (Å²) in [5.74, 6) is 0.164. The Bertz CT molecular complexity index is 203. The molecular formula is C9H17N3O. The van der Waals surface area contributed by atoms with E-state index in [4.69, 9.17) is 5.73 Å². The van der Waals surface area contributed by atoms with Crippen molar-refractivity contribution in [3.8, 4) is 0 Å². The normalized spacial score (nSPS) is 29.2. The highest BCUT2D eigenvalue weighted by Crippen LogP contribution is 2.18. The van der Waals surface area contributed by atoms with Crippen molar-refractivity contribution in [2.24, 2.45) is 5.73 Å². The maximum absolute atomic E-state index is 11.4. The molecule has 1 amide bonds. The summed E-state index contributed by atoms with van der Waals surface area (Å²) in [6, 6.07) is 0.748. The van der Waals surface area contributed by atoms with Gasteiger partial charge in [0.05, 0.1) is 6.54 Å². The molecule has 0 bridgehead atoms. The fourth-order valence-electron chi connectivity index (χ4n) is 1.71. The number of nitrogens with zero attached hydrogens (tertiary/aromatic N) is 1. The van der Waals surface area contributed by atoms with Gasteiger partial charge in [0.25, 0.3) is 0 Å². The Balaban J connectivity index is 1.67. The van der Waals surface area contributed by atoms with Crippen LogP contribution in [-0.4, -0.2) is 42.5 Å². The number of carbonyl (C=O) groups excluding carboxylic acids is 1. The van der Waals surface area contributed by atoms with Gasteiger partial charge in [-0.3, -0.25) is 9.69 Å². The van der Waals surface area contributed by atoms with Crippen LogP contribution >= 0.6 is 0 Å². The van der Waals surface area contributed by atoms with E-state index < -0.39 is 0 Å². The van der Waals surface area contributed by atoms with Gasteiger partial charge in [-0.05, 0) is 19.3 Å². The lowest BCUT2D eigenvalue weighted by Gasteiger charge is -2.14. The van der Waals surface area contributed by atoms with Crippen LogP contribution < -0.4 is 11.1 Å². The van der Waals surface area contributed by atoms with Gasteiger partial charge in [0, 0.05) is 25.2 Å². The van der Waals surface area contributed by atoms with Crippen molar-refractivity contribution in [3.63, 3.8) is 0 Å². The van der Waals surface area contributed by atoms with Crippen LogP contribution in [0.3, 0.4) is 0 Å². The maximum atomic E-state index is 11.4. The number of hydrogen-bond acceptors (Lipinski definition) is 3. The van der Waals surface area contributed by atoms with Crippen LogP contribution in [0.15, 0.2) is 0 Å². The van der Waals surface area contributed by atoms with Crippen molar-refractivity contribution in [2.75, 3.05) is 19.6 Å². The third-order valence-electron chi connectivity index (χ3n) is 2.62. The molecule has 1 aliphatic heterocycles. The van der Waals surface area contributed by atoms with Crippen LogP contribution in [0.2, 0.25) is 0 Å². The molecule has 0 spiro atoms. The molecule has 0 radical (unpaired) electrons. The van der Waals surface area contributed by atoms with Crippen LogP contribution in [0, 0.1) is 0 Å². The van der Waals surface area contributed by atoms with Crippen molar-refractivity contribution in [3.05, 3.63) is 0 Å². The molecule has 13 heavy (non-hydrogen) atoms. The highest BCUT2D eigenvalue weighted by Gasteiger charge is 2.26. The zero-order valence-corrected chi connectivity index (χ0v) is 7.83. The molecule has 1 aliphatic carbocycles. The summed E-state index contributed by atoms with van der Waals surface area (Å²) in [5.41, 5.74) is 5.74. The number of carbonyl (C=O) groups is 1. The number of nitrogens with two attached hydrogens (primary N) is 1. The van der Waals surface area contributed by atoms with Crippen molar-refractivity contribution >= 4 is 5.91 Å². The number of nitrogens with one attached hydrogen (secondary N) is 1. The summed E-state index contributed by atoms with van der Waals surface area (Å²) >= 11 is 0. The van der Waals surface area contributed by atoms with Crippen LogP contribution in [0.5, 0.6) is 0 Å². The molecule has 1 atom stereocenters. The van der Waals surface area contributed by atoms with E-state index in [0.29, 0.717) is 12.6 Å². The third-order valence-corrected chi connectivity index (χ3v) is 2.62. The lowest BCUT2D eigenvalue weighted by molar-refractivity contribution is -0.122. The van der Waals surface area contributed by atoms with E-state index in [1.807, 2.05) is 0 Å². The monoisotopic (exact) mass is 183 g/mol. The summed E-state index contributed by atoms with van der Waals surface area (Å²) in [5, 5.41) is 2.97. The van der Waals surface area contributed by atoms with E-state index in [0.717, 1.165) is 32.4 Å². The summed E-state index contributed by atoms with van der Waals surface area (Å²) in [6.07, 6.45) is 3.34. The minimum Gasteiger partial charge on any atom is -0.352 e. The Morgan fingerprint density at radius 3 is 2.77 bits per heavy atom. The summed E-state index contributed by atoms with van der Waals surface area (Å²) in [7, 11) is 0. The molecule has 4 nitrogen and oxygen atoms in total. The smallest absolute Gasteiger partial charge is 0.234 e. The quantitative estimate of drug-likeness (QED) is 0.608. The third kappa shape index (κ3) is 2.67. The lowest BCUT2D eigenvalue weighted by atomic mass is 10.3. The fourth-order valence-corrected chi connectivity index (χ4v) is 1.71. The second kappa shape index (κ2) is 3.64. The Kier molecular flexibility index (Phi) is 2.51.